The molecule has 0 aliphatic carbocycles. The van der Waals surface area contributed by atoms with Gasteiger partial charge in [0, 0.05) is 4.83 Å². The monoisotopic (exact) mass is 330 g/mol. The van der Waals surface area contributed by atoms with Crippen molar-refractivity contribution in [2.45, 2.75) is 44.4 Å². The minimum atomic E-state index is 0.176. The molecule has 0 aliphatic rings. The third-order valence-corrected chi connectivity index (χ3v) is 4.42. The Morgan fingerprint density at radius 2 is 1.70 bits per heavy atom. The van der Waals surface area contributed by atoms with Crippen molar-refractivity contribution >= 4 is 15.9 Å². The molecule has 0 aromatic heterocycles. The van der Waals surface area contributed by atoms with Gasteiger partial charge in [0.2, 0.25) is 0 Å². The molecule has 106 valence electrons. The lowest BCUT2D eigenvalue weighted by molar-refractivity contribution is 0.581. The normalized spacial score (nSPS) is 13.2. The van der Waals surface area contributed by atoms with Gasteiger partial charge in [-0.3, -0.25) is 0 Å². The minimum Gasteiger partial charge on any atom is -0.0835 e. The Hall–Kier alpha value is -1.08. The van der Waals surface area contributed by atoms with Gasteiger partial charge in [0.15, 0.2) is 0 Å². The fourth-order valence-electron chi connectivity index (χ4n) is 2.61. The predicted molar refractivity (Wildman–Crippen MR) is 91.7 cm³/mol. The molecule has 20 heavy (non-hydrogen) atoms. The Morgan fingerprint density at radius 1 is 1.00 bits per heavy atom. The van der Waals surface area contributed by atoms with Crippen LogP contribution in [0.2, 0.25) is 0 Å². The summed E-state index contributed by atoms with van der Waals surface area (Å²) in [5, 5.41) is 0. The number of hydrogen-bond acceptors (Lipinski definition) is 0. The van der Waals surface area contributed by atoms with Gasteiger partial charge in [0.05, 0.1) is 0 Å². The van der Waals surface area contributed by atoms with Crippen LogP contribution in [0.4, 0.5) is 0 Å². The maximum absolute atomic E-state index is 3.89. The van der Waals surface area contributed by atoms with Crippen molar-refractivity contribution in [1.82, 2.24) is 0 Å². The Balaban J connectivity index is 2.28. The van der Waals surface area contributed by atoms with Gasteiger partial charge >= 0.3 is 0 Å². The van der Waals surface area contributed by atoms with Crippen molar-refractivity contribution in [2.24, 2.45) is 0 Å². The van der Waals surface area contributed by atoms with Gasteiger partial charge in [0.25, 0.3) is 0 Å². The summed E-state index contributed by atoms with van der Waals surface area (Å²) < 4.78 is 0. The van der Waals surface area contributed by atoms with Crippen molar-refractivity contribution < 1.29 is 0 Å². The molecule has 2 aromatic carbocycles. The summed E-state index contributed by atoms with van der Waals surface area (Å²) in [5.41, 5.74) is 5.72. The van der Waals surface area contributed by atoms with Gasteiger partial charge in [-0.1, -0.05) is 90.8 Å². The van der Waals surface area contributed by atoms with Crippen LogP contribution in [0, 0.1) is 6.92 Å². The molecule has 0 fully saturated rings. The first-order chi connectivity index (χ1) is 9.38. The molecule has 0 nitrogen and oxygen atoms in total. The fraction of sp³-hybridized carbons (Fsp3) is 0.368. The SMILES string of the molecule is Cc1cccc(CC(Br)c2ccccc2C(C)(C)C)c1. The number of benzene rings is 2. The standard InChI is InChI=1S/C19H23Br/c1-14-8-7-9-15(12-14)13-18(20)16-10-5-6-11-17(16)19(2,3)4/h5-12,18H,13H2,1-4H3. The lowest BCUT2D eigenvalue weighted by Crippen LogP contribution is -2.15. The first kappa shape index (κ1) is 15.3. The minimum absolute atomic E-state index is 0.176. The van der Waals surface area contributed by atoms with Crippen molar-refractivity contribution in [3.8, 4) is 0 Å². The molecule has 1 heteroatoms. The average molecular weight is 331 g/mol. The summed E-state index contributed by atoms with van der Waals surface area (Å²) >= 11 is 3.89. The molecule has 2 rings (SSSR count). The zero-order valence-corrected chi connectivity index (χ0v) is 14.4. The van der Waals surface area contributed by atoms with Crippen molar-refractivity contribution in [2.75, 3.05) is 0 Å². The summed E-state index contributed by atoms with van der Waals surface area (Å²) in [5.74, 6) is 0. The highest BCUT2D eigenvalue weighted by atomic mass is 79.9. The quantitative estimate of drug-likeness (QED) is 0.608. The van der Waals surface area contributed by atoms with E-state index in [1.165, 1.54) is 22.3 Å². The zero-order valence-electron chi connectivity index (χ0n) is 12.8. The van der Waals surface area contributed by atoms with Crippen molar-refractivity contribution in [3.05, 3.63) is 70.8 Å². The van der Waals surface area contributed by atoms with Crippen LogP contribution in [-0.4, -0.2) is 0 Å². The number of alkyl halides is 1. The van der Waals surface area contributed by atoms with E-state index in [1.54, 1.807) is 0 Å². The molecule has 1 unspecified atom stereocenters. The van der Waals surface area contributed by atoms with Gasteiger partial charge < -0.3 is 0 Å². The average Bonchev–Trinajstić information content (AvgIpc) is 2.37. The topological polar surface area (TPSA) is 0 Å². The summed E-state index contributed by atoms with van der Waals surface area (Å²) in [6.07, 6.45) is 1.02. The van der Waals surface area contributed by atoms with Gasteiger partial charge in [-0.2, -0.15) is 0 Å². The van der Waals surface area contributed by atoms with E-state index in [2.05, 4.69) is 92.2 Å². The van der Waals surface area contributed by atoms with Gasteiger partial charge in [-0.15, -0.1) is 0 Å². The van der Waals surface area contributed by atoms with E-state index in [9.17, 15) is 0 Å². The molecule has 0 bridgehead atoms. The third-order valence-electron chi connectivity index (χ3n) is 3.60. The van der Waals surface area contributed by atoms with Crippen LogP contribution in [0.3, 0.4) is 0 Å². The van der Waals surface area contributed by atoms with Crippen LogP contribution in [0.5, 0.6) is 0 Å². The van der Waals surface area contributed by atoms with E-state index in [-0.39, 0.29) is 5.41 Å². The van der Waals surface area contributed by atoms with Crippen molar-refractivity contribution in [1.29, 1.82) is 0 Å². The molecular formula is C19H23Br. The second-order valence-electron chi connectivity index (χ2n) is 6.50. The molecule has 0 N–H and O–H groups in total. The highest BCUT2D eigenvalue weighted by Crippen LogP contribution is 2.35. The number of aryl methyl sites for hydroxylation is 1. The summed E-state index contributed by atoms with van der Waals surface area (Å²) in [4.78, 5) is 0.361. The summed E-state index contributed by atoms with van der Waals surface area (Å²) in [6, 6.07) is 17.5. The van der Waals surface area contributed by atoms with Crippen molar-refractivity contribution in [3.63, 3.8) is 0 Å². The van der Waals surface area contributed by atoms with E-state index in [0.29, 0.717) is 4.83 Å². The fourth-order valence-corrected chi connectivity index (χ4v) is 3.38. The Bertz CT molecular complexity index is 578. The maximum Gasteiger partial charge on any atom is 0.0438 e. The van der Waals surface area contributed by atoms with E-state index < -0.39 is 0 Å². The van der Waals surface area contributed by atoms with Crippen LogP contribution in [-0.2, 0) is 11.8 Å². The third kappa shape index (κ3) is 3.73. The Kier molecular flexibility index (Phi) is 4.70. The number of halogens is 1. The Morgan fingerprint density at radius 3 is 2.35 bits per heavy atom. The van der Waals surface area contributed by atoms with Gasteiger partial charge in [0.1, 0.15) is 0 Å². The first-order valence-corrected chi connectivity index (χ1v) is 8.08. The lowest BCUT2D eigenvalue weighted by atomic mass is 9.82. The molecule has 2 aromatic rings. The molecular weight excluding hydrogens is 308 g/mol. The smallest absolute Gasteiger partial charge is 0.0438 e. The van der Waals surface area contributed by atoms with Crippen LogP contribution in [0.15, 0.2) is 48.5 Å². The van der Waals surface area contributed by atoms with E-state index >= 15 is 0 Å². The highest BCUT2D eigenvalue weighted by molar-refractivity contribution is 9.09. The largest absolute Gasteiger partial charge is 0.0835 e. The number of rotatable bonds is 3. The molecule has 0 saturated heterocycles. The van der Waals surface area contributed by atoms with Gasteiger partial charge in [-0.05, 0) is 35.4 Å². The number of hydrogen-bond donors (Lipinski definition) is 0. The van der Waals surface area contributed by atoms with E-state index in [0.717, 1.165) is 6.42 Å². The van der Waals surface area contributed by atoms with Crippen LogP contribution >= 0.6 is 15.9 Å². The summed E-state index contributed by atoms with van der Waals surface area (Å²) in [6.45, 7) is 8.98. The molecule has 0 heterocycles. The lowest BCUT2D eigenvalue weighted by Gasteiger charge is -2.25. The zero-order chi connectivity index (χ0) is 14.8. The molecule has 0 amide bonds. The van der Waals surface area contributed by atoms with Gasteiger partial charge in [-0.25, -0.2) is 0 Å². The van der Waals surface area contributed by atoms with E-state index in [4.69, 9.17) is 0 Å². The highest BCUT2D eigenvalue weighted by Gasteiger charge is 2.21. The second kappa shape index (κ2) is 6.13. The van der Waals surface area contributed by atoms with Crippen LogP contribution in [0.25, 0.3) is 0 Å². The summed E-state index contributed by atoms with van der Waals surface area (Å²) in [7, 11) is 0. The molecule has 0 saturated carbocycles. The second-order valence-corrected chi connectivity index (χ2v) is 7.60. The maximum atomic E-state index is 3.89. The van der Waals surface area contributed by atoms with Crippen LogP contribution in [0.1, 0.15) is 47.9 Å². The van der Waals surface area contributed by atoms with E-state index in [1.807, 2.05) is 0 Å². The molecule has 0 aliphatic heterocycles. The molecule has 1 atom stereocenters. The molecule has 0 radical (unpaired) electrons. The van der Waals surface area contributed by atoms with Crippen LogP contribution < -0.4 is 0 Å². The molecule has 0 spiro atoms. The first-order valence-electron chi connectivity index (χ1n) is 7.17. The Labute approximate surface area is 131 Å². The predicted octanol–water partition coefficient (Wildman–Crippen LogP) is 5.97.